The molecule has 1 atom stereocenters. The number of hydrogen-bond acceptors (Lipinski definition) is 2. The molecule has 0 aliphatic heterocycles. The van der Waals surface area contributed by atoms with Crippen LogP contribution in [0.1, 0.15) is 32.8 Å². The number of nitrogens with two attached hydrogens (primary N) is 1. The second kappa shape index (κ2) is 7.13. The van der Waals surface area contributed by atoms with Gasteiger partial charge in [-0.2, -0.15) is 0 Å². The number of hydrogen-bond donors (Lipinski definition) is 1. The molecule has 0 saturated carbocycles. The first-order valence-electron chi connectivity index (χ1n) is 5.83. The van der Waals surface area contributed by atoms with Gasteiger partial charge in [0.25, 0.3) is 0 Å². The van der Waals surface area contributed by atoms with Gasteiger partial charge in [-0.1, -0.05) is 37.6 Å². The molecule has 18 heavy (non-hydrogen) atoms. The molecule has 0 fully saturated rings. The molecule has 0 radical (unpaired) electrons. The zero-order valence-corrected chi connectivity index (χ0v) is 12.6. The van der Waals surface area contributed by atoms with Crippen LogP contribution in [-0.2, 0) is 11.2 Å². The van der Waals surface area contributed by atoms with E-state index in [4.69, 9.17) is 17.3 Å². The summed E-state index contributed by atoms with van der Waals surface area (Å²) in [7, 11) is 0. The van der Waals surface area contributed by atoms with Gasteiger partial charge in [0.2, 0.25) is 0 Å². The maximum absolute atomic E-state index is 11.7. The minimum Gasteiger partial charge on any atom is -0.322 e. The summed E-state index contributed by atoms with van der Waals surface area (Å²) in [5, 5.41) is 0.734. The number of benzene rings is 1. The third-order valence-electron chi connectivity index (χ3n) is 2.76. The molecule has 2 N–H and O–H groups in total. The number of carbonyl (C=O) groups is 1. The number of carbonyl (C=O) groups excluding carboxylic acids is 1. The molecular weight excluding hydrogens is 269 g/mol. The highest BCUT2D eigenvalue weighted by Crippen LogP contribution is 2.27. The van der Waals surface area contributed by atoms with Crippen LogP contribution in [0.25, 0.3) is 0 Å². The van der Waals surface area contributed by atoms with Crippen LogP contribution in [0.5, 0.6) is 0 Å². The van der Waals surface area contributed by atoms with E-state index in [1.54, 1.807) is 6.92 Å². The van der Waals surface area contributed by atoms with Gasteiger partial charge in [0.1, 0.15) is 5.78 Å². The molecule has 1 unspecified atom stereocenters. The van der Waals surface area contributed by atoms with E-state index in [-0.39, 0.29) is 29.6 Å². The fourth-order valence-corrected chi connectivity index (χ4v) is 1.98. The van der Waals surface area contributed by atoms with Gasteiger partial charge in [0.05, 0.1) is 6.04 Å². The molecule has 0 heterocycles. The third-order valence-corrected chi connectivity index (χ3v) is 3.01. The monoisotopic (exact) mass is 289 g/mol. The first kappa shape index (κ1) is 17.4. The standard InChI is InChI=1S/C14H20ClNO.ClH/c1-10(16)13(17)9-14(2,3)8-11-4-6-12(15)7-5-11;/h4-7,10H,8-9,16H2,1-3H3;1H. The van der Waals surface area contributed by atoms with E-state index in [0.29, 0.717) is 6.42 Å². The highest BCUT2D eigenvalue weighted by atomic mass is 35.5. The quantitative estimate of drug-likeness (QED) is 0.899. The Kier molecular flexibility index (Phi) is 6.90. The summed E-state index contributed by atoms with van der Waals surface area (Å²) in [6.07, 6.45) is 1.36. The third kappa shape index (κ3) is 5.85. The molecule has 1 rings (SSSR count). The van der Waals surface area contributed by atoms with E-state index in [0.717, 1.165) is 11.4 Å². The van der Waals surface area contributed by atoms with E-state index in [1.165, 1.54) is 5.56 Å². The molecule has 0 aromatic heterocycles. The molecule has 0 saturated heterocycles. The summed E-state index contributed by atoms with van der Waals surface area (Å²) in [5.41, 5.74) is 6.71. The Morgan fingerprint density at radius 1 is 1.33 bits per heavy atom. The van der Waals surface area contributed by atoms with Crippen molar-refractivity contribution in [3.63, 3.8) is 0 Å². The van der Waals surface area contributed by atoms with Crippen molar-refractivity contribution >= 4 is 29.8 Å². The molecule has 102 valence electrons. The van der Waals surface area contributed by atoms with Crippen molar-refractivity contribution in [3.8, 4) is 0 Å². The van der Waals surface area contributed by atoms with E-state index < -0.39 is 0 Å². The van der Waals surface area contributed by atoms with Gasteiger partial charge in [0, 0.05) is 11.4 Å². The Hall–Kier alpha value is -0.570. The Morgan fingerprint density at radius 2 is 1.83 bits per heavy atom. The summed E-state index contributed by atoms with van der Waals surface area (Å²) in [6, 6.07) is 7.38. The van der Waals surface area contributed by atoms with Crippen LogP contribution >= 0.6 is 24.0 Å². The molecule has 1 aromatic carbocycles. The molecule has 0 amide bonds. The fourth-order valence-electron chi connectivity index (χ4n) is 1.85. The lowest BCUT2D eigenvalue weighted by Crippen LogP contribution is -2.31. The van der Waals surface area contributed by atoms with Gasteiger partial charge >= 0.3 is 0 Å². The molecule has 1 aromatic rings. The lowest BCUT2D eigenvalue weighted by Gasteiger charge is -2.24. The smallest absolute Gasteiger partial charge is 0.149 e. The van der Waals surface area contributed by atoms with E-state index in [1.807, 2.05) is 24.3 Å². The van der Waals surface area contributed by atoms with Crippen LogP contribution in [0.4, 0.5) is 0 Å². The Morgan fingerprint density at radius 3 is 2.28 bits per heavy atom. The molecular formula is C14H21Cl2NO. The van der Waals surface area contributed by atoms with E-state index in [2.05, 4.69) is 13.8 Å². The highest BCUT2D eigenvalue weighted by Gasteiger charge is 2.23. The predicted molar refractivity (Wildman–Crippen MR) is 79.5 cm³/mol. The SMILES string of the molecule is CC(N)C(=O)CC(C)(C)Cc1ccc(Cl)cc1.Cl. The summed E-state index contributed by atoms with van der Waals surface area (Å²) >= 11 is 5.84. The maximum Gasteiger partial charge on any atom is 0.149 e. The Balaban J connectivity index is 0.00000289. The Bertz CT molecular complexity index is 385. The highest BCUT2D eigenvalue weighted by molar-refractivity contribution is 6.30. The van der Waals surface area contributed by atoms with Gasteiger partial charge < -0.3 is 5.73 Å². The predicted octanol–water partition coefficient (Wildman–Crippen LogP) is 3.64. The van der Waals surface area contributed by atoms with Crippen molar-refractivity contribution < 1.29 is 4.79 Å². The Labute approximate surface area is 120 Å². The average molecular weight is 290 g/mol. The van der Waals surface area contributed by atoms with Gasteiger partial charge in [-0.15, -0.1) is 12.4 Å². The molecule has 2 nitrogen and oxygen atoms in total. The summed E-state index contributed by atoms with van der Waals surface area (Å²) in [5.74, 6) is 0.115. The van der Waals surface area contributed by atoms with Gasteiger partial charge in [-0.05, 0) is 36.5 Å². The normalized spacial score (nSPS) is 12.7. The number of ketones is 1. The van der Waals surface area contributed by atoms with Gasteiger partial charge in [0.15, 0.2) is 0 Å². The lowest BCUT2D eigenvalue weighted by molar-refractivity contribution is -0.121. The number of rotatable bonds is 5. The van der Waals surface area contributed by atoms with Crippen molar-refractivity contribution in [1.82, 2.24) is 0 Å². The topological polar surface area (TPSA) is 43.1 Å². The number of halogens is 2. The zero-order valence-electron chi connectivity index (χ0n) is 11.1. The first-order chi connectivity index (χ1) is 7.80. The van der Waals surface area contributed by atoms with Crippen LogP contribution in [0.3, 0.4) is 0 Å². The maximum atomic E-state index is 11.7. The lowest BCUT2D eigenvalue weighted by atomic mass is 9.80. The largest absolute Gasteiger partial charge is 0.322 e. The van der Waals surface area contributed by atoms with Crippen LogP contribution in [0, 0.1) is 5.41 Å². The van der Waals surface area contributed by atoms with Gasteiger partial charge in [-0.25, -0.2) is 0 Å². The van der Waals surface area contributed by atoms with Crippen molar-refractivity contribution in [2.24, 2.45) is 11.1 Å². The van der Waals surface area contributed by atoms with Crippen molar-refractivity contribution in [2.75, 3.05) is 0 Å². The van der Waals surface area contributed by atoms with Crippen LogP contribution in [0.15, 0.2) is 24.3 Å². The van der Waals surface area contributed by atoms with Crippen molar-refractivity contribution in [3.05, 3.63) is 34.9 Å². The molecule has 0 spiro atoms. The minimum atomic E-state index is -0.375. The molecule has 0 bridgehead atoms. The molecule has 4 heteroatoms. The zero-order chi connectivity index (χ0) is 13.1. The minimum absolute atomic E-state index is 0. The first-order valence-corrected chi connectivity index (χ1v) is 6.21. The summed E-state index contributed by atoms with van der Waals surface area (Å²) in [6.45, 7) is 5.91. The van der Waals surface area contributed by atoms with Crippen LogP contribution < -0.4 is 5.73 Å². The van der Waals surface area contributed by atoms with Crippen molar-refractivity contribution in [1.29, 1.82) is 0 Å². The van der Waals surface area contributed by atoms with Crippen LogP contribution in [-0.4, -0.2) is 11.8 Å². The van der Waals surface area contributed by atoms with Gasteiger partial charge in [-0.3, -0.25) is 4.79 Å². The molecule has 0 aliphatic rings. The van der Waals surface area contributed by atoms with Crippen LogP contribution in [0.2, 0.25) is 5.02 Å². The van der Waals surface area contributed by atoms with E-state index in [9.17, 15) is 4.79 Å². The summed E-state index contributed by atoms with van der Waals surface area (Å²) in [4.78, 5) is 11.7. The molecule has 0 aliphatic carbocycles. The van der Waals surface area contributed by atoms with E-state index >= 15 is 0 Å². The second-order valence-corrected chi connectivity index (χ2v) is 5.84. The second-order valence-electron chi connectivity index (χ2n) is 5.40. The number of Topliss-reactive ketones (excluding diaryl/α,β-unsaturated/α-hetero) is 1. The van der Waals surface area contributed by atoms with Crippen molar-refractivity contribution in [2.45, 2.75) is 39.7 Å². The fraction of sp³-hybridized carbons (Fsp3) is 0.500. The summed E-state index contributed by atoms with van der Waals surface area (Å²) < 4.78 is 0. The average Bonchev–Trinajstić information content (AvgIpc) is 2.20.